The molecule has 1 atom stereocenters. The minimum Gasteiger partial charge on any atom is -0.338 e. The molecule has 1 aromatic carbocycles. The molecular formula is C14H19NO3S. The summed E-state index contributed by atoms with van der Waals surface area (Å²) in [5.74, 6) is 0.527. The van der Waals surface area contributed by atoms with E-state index < -0.39 is 9.84 Å². The van der Waals surface area contributed by atoms with E-state index in [1.807, 2.05) is 4.90 Å². The first-order valence-electron chi connectivity index (χ1n) is 6.47. The number of carbonyl (C=O) groups is 1. The summed E-state index contributed by atoms with van der Waals surface area (Å²) in [6.07, 6.45) is 3.36. The van der Waals surface area contributed by atoms with Crippen molar-refractivity contribution in [2.45, 2.75) is 24.7 Å². The number of likely N-dealkylation sites (tertiary alicyclic amines) is 1. The van der Waals surface area contributed by atoms with Crippen molar-refractivity contribution < 1.29 is 13.2 Å². The van der Waals surface area contributed by atoms with E-state index in [-0.39, 0.29) is 10.8 Å². The highest BCUT2D eigenvalue weighted by Gasteiger charge is 2.22. The molecule has 1 aliphatic rings. The van der Waals surface area contributed by atoms with Crippen molar-refractivity contribution in [3.63, 3.8) is 0 Å². The molecule has 0 unspecified atom stereocenters. The summed E-state index contributed by atoms with van der Waals surface area (Å²) in [6.45, 7) is 3.72. The van der Waals surface area contributed by atoms with Crippen LogP contribution in [-0.4, -0.2) is 38.6 Å². The predicted molar refractivity (Wildman–Crippen MR) is 73.9 cm³/mol. The lowest BCUT2D eigenvalue weighted by atomic mass is 9.99. The third kappa shape index (κ3) is 3.35. The Morgan fingerprint density at radius 2 is 1.89 bits per heavy atom. The van der Waals surface area contributed by atoms with Gasteiger partial charge in [0, 0.05) is 24.9 Å². The number of nitrogens with zero attached hydrogens (tertiary/aromatic N) is 1. The number of hydrogen-bond acceptors (Lipinski definition) is 3. The zero-order chi connectivity index (χ0) is 14.0. The molecule has 4 nitrogen and oxygen atoms in total. The van der Waals surface area contributed by atoms with Crippen LogP contribution in [0, 0.1) is 5.92 Å². The van der Waals surface area contributed by atoms with Gasteiger partial charge in [-0.15, -0.1) is 0 Å². The normalized spacial score (nSPS) is 20.3. The van der Waals surface area contributed by atoms with Gasteiger partial charge >= 0.3 is 0 Å². The van der Waals surface area contributed by atoms with Crippen molar-refractivity contribution >= 4 is 15.7 Å². The van der Waals surface area contributed by atoms with Gasteiger partial charge in [0.1, 0.15) is 0 Å². The Balaban J connectivity index is 2.16. The summed E-state index contributed by atoms with van der Waals surface area (Å²) < 4.78 is 22.7. The molecule has 0 N–H and O–H groups in total. The van der Waals surface area contributed by atoms with Crippen molar-refractivity contribution in [2.24, 2.45) is 5.92 Å². The lowest BCUT2D eigenvalue weighted by Gasteiger charge is -2.31. The van der Waals surface area contributed by atoms with Gasteiger partial charge in [-0.05, 0) is 43.0 Å². The number of carbonyl (C=O) groups excluding carboxylic acids is 1. The highest BCUT2D eigenvalue weighted by molar-refractivity contribution is 7.90. The molecule has 5 heteroatoms. The minimum atomic E-state index is -3.20. The molecule has 0 saturated carbocycles. The topological polar surface area (TPSA) is 54.5 Å². The Hall–Kier alpha value is -1.36. The fourth-order valence-electron chi connectivity index (χ4n) is 2.40. The van der Waals surface area contributed by atoms with Gasteiger partial charge in [0.25, 0.3) is 5.91 Å². The second-order valence-electron chi connectivity index (χ2n) is 5.30. The third-order valence-corrected chi connectivity index (χ3v) is 4.60. The molecule has 1 aromatic rings. The molecule has 1 fully saturated rings. The molecule has 104 valence electrons. The lowest BCUT2D eigenvalue weighted by molar-refractivity contribution is 0.0683. The van der Waals surface area contributed by atoms with Gasteiger partial charge in [0.05, 0.1) is 4.90 Å². The van der Waals surface area contributed by atoms with Crippen LogP contribution < -0.4 is 0 Å². The van der Waals surface area contributed by atoms with E-state index in [0.29, 0.717) is 11.5 Å². The smallest absolute Gasteiger partial charge is 0.253 e. The van der Waals surface area contributed by atoms with Crippen LogP contribution in [-0.2, 0) is 9.84 Å². The molecule has 0 spiro atoms. The molecule has 0 bridgehead atoms. The van der Waals surface area contributed by atoms with Gasteiger partial charge in [-0.25, -0.2) is 8.42 Å². The van der Waals surface area contributed by atoms with Crippen molar-refractivity contribution in [1.29, 1.82) is 0 Å². The molecule has 2 rings (SSSR count). The van der Waals surface area contributed by atoms with E-state index in [0.717, 1.165) is 32.2 Å². The summed E-state index contributed by atoms with van der Waals surface area (Å²) in [7, 11) is -3.20. The van der Waals surface area contributed by atoms with Crippen LogP contribution in [0.5, 0.6) is 0 Å². The standard InChI is InChI=1S/C14H19NO3S/c1-11-4-3-9-15(10-11)14(16)12-5-7-13(8-6-12)19(2,17)18/h5-8,11H,3-4,9-10H2,1-2H3/t11-/m0/s1. The second kappa shape index (κ2) is 5.33. The molecule has 1 aliphatic heterocycles. The van der Waals surface area contributed by atoms with Crippen LogP contribution in [0.25, 0.3) is 0 Å². The number of rotatable bonds is 2. The van der Waals surface area contributed by atoms with Crippen molar-refractivity contribution in [1.82, 2.24) is 4.90 Å². The van der Waals surface area contributed by atoms with Gasteiger partial charge in [-0.1, -0.05) is 6.92 Å². The quantitative estimate of drug-likeness (QED) is 0.832. The molecule has 0 aromatic heterocycles. The fraction of sp³-hybridized carbons (Fsp3) is 0.500. The first-order chi connectivity index (χ1) is 8.88. The number of piperidine rings is 1. The first kappa shape index (κ1) is 14.1. The average Bonchev–Trinajstić information content (AvgIpc) is 2.37. The second-order valence-corrected chi connectivity index (χ2v) is 7.31. The number of amides is 1. The third-order valence-electron chi connectivity index (χ3n) is 3.47. The Labute approximate surface area is 114 Å². The van der Waals surface area contributed by atoms with Crippen LogP contribution in [0.1, 0.15) is 30.1 Å². The predicted octanol–water partition coefficient (Wildman–Crippen LogP) is 1.96. The monoisotopic (exact) mass is 281 g/mol. The summed E-state index contributed by atoms with van der Waals surface area (Å²) in [6, 6.07) is 6.18. The maximum absolute atomic E-state index is 12.3. The summed E-state index contributed by atoms with van der Waals surface area (Å²) >= 11 is 0. The zero-order valence-corrected chi connectivity index (χ0v) is 12.1. The number of hydrogen-bond donors (Lipinski definition) is 0. The molecule has 1 amide bonds. The van der Waals surface area contributed by atoms with Crippen LogP contribution in [0.4, 0.5) is 0 Å². The van der Waals surface area contributed by atoms with Crippen molar-refractivity contribution in [2.75, 3.05) is 19.3 Å². The first-order valence-corrected chi connectivity index (χ1v) is 8.36. The Bertz CT molecular complexity index is 563. The minimum absolute atomic E-state index is 0.00778. The SMILES string of the molecule is C[C@H]1CCCN(C(=O)c2ccc(S(C)(=O)=O)cc2)C1. The van der Waals surface area contributed by atoms with Crippen molar-refractivity contribution in [3.05, 3.63) is 29.8 Å². The van der Waals surface area contributed by atoms with Crippen LogP contribution >= 0.6 is 0 Å². The van der Waals surface area contributed by atoms with Crippen LogP contribution in [0.15, 0.2) is 29.2 Å². The molecule has 1 heterocycles. The maximum atomic E-state index is 12.3. The Morgan fingerprint density at radius 3 is 2.42 bits per heavy atom. The Morgan fingerprint density at radius 1 is 1.26 bits per heavy atom. The summed E-state index contributed by atoms with van der Waals surface area (Å²) in [5.41, 5.74) is 0.557. The van der Waals surface area contributed by atoms with Gasteiger partial charge in [-0.3, -0.25) is 4.79 Å². The van der Waals surface area contributed by atoms with Gasteiger partial charge < -0.3 is 4.90 Å². The number of benzene rings is 1. The molecule has 19 heavy (non-hydrogen) atoms. The largest absolute Gasteiger partial charge is 0.338 e. The highest BCUT2D eigenvalue weighted by atomic mass is 32.2. The number of sulfone groups is 1. The lowest BCUT2D eigenvalue weighted by Crippen LogP contribution is -2.39. The molecule has 0 radical (unpaired) electrons. The van der Waals surface area contributed by atoms with E-state index >= 15 is 0 Å². The van der Waals surface area contributed by atoms with Crippen LogP contribution in [0.3, 0.4) is 0 Å². The van der Waals surface area contributed by atoms with Gasteiger partial charge in [0.15, 0.2) is 9.84 Å². The van der Waals surface area contributed by atoms with E-state index in [9.17, 15) is 13.2 Å². The van der Waals surface area contributed by atoms with Gasteiger partial charge in [-0.2, -0.15) is 0 Å². The van der Waals surface area contributed by atoms with E-state index in [1.165, 1.54) is 12.1 Å². The maximum Gasteiger partial charge on any atom is 0.253 e. The van der Waals surface area contributed by atoms with E-state index in [4.69, 9.17) is 0 Å². The molecule has 1 saturated heterocycles. The Kier molecular flexibility index (Phi) is 3.94. The molecule has 0 aliphatic carbocycles. The summed E-state index contributed by atoms with van der Waals surface area (Å²) in [4.78, 5) is 14.4. The average molecular weight is 281 g/mol. The zero-order valence-electron chi connectivity index (χ0n) is 11.3. The van der Waals surface area contributed by atoms with Crippen molar-refractivity contribution in [3.8, 4) is 0 Å². The highest BCUT2D eigenvalue weighted by Crippen LogP contribution is 2.18. The molecular weight excluding hydrogens is 262 g/mol. The van der Waals surface area contributed by atoms with E-state index in [2.05, 4.69) is 6.92 Å². The fourth-order valence-corrected chi connectivity index (χ4v) is 3.03. The van der Waals surface area contributed by atoms with Gasteiger partial charge in [0.2, 0.25) is 0 Å². The summed E-state index contributed by atoms with van der Waals surface area (Å²) in [5, 5.41) is 0. The van der Waals surface area contributed by atoms with E-state index in [1.54, 1.807) is 12.1 Å². The van der Waals surface area contributed by atoms with Crippen LogP contribution in [0.2, 0.25) is 0 Å².